The third-order valence-corrected chi connectivity index (χ3v) is 9.62. The Morgan fingerprint density at radius 1 is 1.08 bits per heavy atom. The molecule has 0 unspecified atom stereocenters. The molecule has 0 radical (unpaired) electrons. The quantitative estimate of drug-likeness (QED) is 0.585. The third-order valence-electron chi connectivity index (χ3n) is 7.75. The smallest absolute Gasteiger partial charge is 0.339 e. The van der Waals surface area contributed by atoms with E-state index in [2.05, 4.69) is 10.3 Å². The summed E-state index contributed by atoms with van der Waals surface area (Å²) in [5.41, 5.74) is 0.404. The number of rotatable bonds is 6. The molecular weight excluding hydrogens is 533 g/mol. The number of aryl methyl sites for hydroxylation is 2. The number of carbonyl (C=O) groups is 2. The molecule has 0 aliphatic carbocycles. The fourth-order valence-corrected chi connectivity index (χ4v) is 6.62. The third kappa shape index (κ3) is 5.44. The molecule has 2 saturated heterocycles. The second-order valence-corrected chi connectivity index (χ2v) is 12.4. The van der Waals surface area contributed by atoms with E-state index >= 15 is 0 Å². The van der Waals surface area contributed by atoms with Crippen LogP contribution in [0.2, 0.25) is 0 Å². The Kier molecular flexibility index (Phi) is 7.04. The van der Waals surface area contributed by atoms with Crippen LogP contribution in [0.3, 0.4) is 0 Å². The van der Waals surface area contributed by atoms with Gasteiger partial charge in [0.15, 0.2) is 0 Å². The molecule has 3 heterocycles. The van der Waals surface area contributed by atoms with Crippen LogP contribution in [0.4, 0.5) is 13.2 Å². The summed E-state index contributed by atoms with van der Waals surface area (Å²) in [6.07, 6.45) is -2.97. The summed E-state index contributed by atoms with van der Waals surface area (Å²) in [5, 5.41) is 2.59. The molecule has 208 valence electrons. The predicted octanol–water partition coefficient (Wildman–Crippen LogP) is 3.14. The lowest BCUT2D eigenvalue weighted by Crippen LogP contribution is -2.50. The van der Waals surface area contributed by atoms with Crippen molar-refractivity contribution in [3.05, 3.63) is 70.3 Å². The summed E-state index contributed by atoms with van der Waals surface area (Å²) in [6, 6.07) is 9.92. The molecule has 3 aliphatic rings. The second kappa shape index (κ2) is 10.1. The van der Waals surface area contributed by atoms with Gasteiger partial charge < -0.3 is 10.2 Å². The van der Waals surface area contributed by atoms with Crippen molar-refractivity contribution < 1.29 is 31.2 Å². The first-order valence-corrected chi connectivity index (χ1v) is 14.4. The highest BCUT2D eigenvalue weighted by molar-refractivity contribution is 7.89. The van der Waals surface area contributed by atoms with Gasteiger partial charge >= 0.3 is 6.18 Å². The Morgan fingerprint density at radius 3 is 2.41 bits per heavy atom. The molecule has 2 aromatic carbocycles. The maximum absolute atomic E-state index is 13.1. The number of hydrogen-bond acceptors (Lipinski definition) is 5. The number of carbonyl (C=O) groups excluding carboxylic acids is 2. The normalized spacial score (nSPS) is 19.5. The highest BCUT2D eigenvalue weighted by Crippen LogP contribution is 2.34. The van der Waals surface area contributed by atoms with Gasteiger partial charge in [0.2, 0.25) is 10.0 Å². The Labute approximate surface area is 224 Å². The number of halogens is 3. The van der Waals surface area contributed by atoms with Crippen LogP contribution in [0.25, 0.3) is 0 Å². The molecule has 0 saturated carbocycles. The molecule has 3 aliphatic heterocycles. The number of nitrogens with one attached hydrogen (secondary N) is 1. The molecule has 0 bridgehead atoms. The van der Waals surface area contributed by atoms with E-state index in [1.807, 2.05) is 6.92 Å². The molecule has 2 amide bonds. The number of alkyl halides is 3. The fourth-order valence-electron chi connectivity index (χ4n) is 5.15. The van der Waals surface area contributed by atoms with E-state index in [1.165, 1.54) is 16.4 Å². The van der Waals surface area contributed by atoms with Gasteiger partial charge in [-0.1, -0.05) is 18.2 Å². The van der Waals surface area contributed by atoms with Crippen LogP contribution in [0.1, 0.15) is 51.9 Å². The number of piperidine rings is 1. The Bertz CT molecular complexity index is 1440. The predicted molar refractivity (Wildman–Crippen MR) is 139 cm³/mol. The minimum atomic E-state index is -4.53. The van der Waals surface area contributed by atoms with E-state index < -0.39 is 33.2 Å². The topological polar surface area (TPSA) is 99.2 Å². The van der Waals surface area contributed by atoms with Crippen molar-refractivity contribution in [2.75, 3.05) is 31.9 Å². The van der Waals surface area contributed by atoms with Crippen molar-refractivity contribution in [2.45, 2.75) is 44.3 Å². The van der Waals surface area contributed by atoms with Gasteiger partial charge in [0, 0.05) is 37.3 Å². The molecule has 2 aromatic rings. The van der Waals surface area contributed by atoms with Crippen LogP contribution in [0.5, 0.6) is 0 Å². The van der Waals surface area contributed by atoms with Crippen LogP contribution >= 0.6 is 0 Å². The number of amides is 2. The van der Waals surface area contributed by atoms with Crippen LogP contribution in [0, 0.1) is 6.92 Å². The van der Waals surface area contributed by atoms with E-state index in [1.54, 1.807) is 23.1 Å². The van der Waals surface area contributed by atoms with Gasteiger partial charge in [-0.05, 0) is 68.0 Å². The average Bonchev–Trinajstić information content (AvgIpc) is 3.17. The lowest BCUT2D eigenvalue weighted by molar-refractivity contribution is -0.137. The molecule has 1 spiro atoms. The Hall–Kier alpha value is -3.25. The number of aliphatic imine (C=N–C) groups is 1. The maximum Gasteiger partial charge on any atom is 0.416 e. The zero-order valence-electron chi connectivity index (χ0n) is 21.4. The van der Waals surface area contributed by atoms with Gasteiger partial charge in [-0.15, -0.1) is 0 Å². The number of likely N-dealkylation sites (tertiary alicyclic amines) is 1. The average molecular weight is 563 g/mol. The summed E-state index contributed by atoms with van der Waals surface area (Å²) >= 11 is 0. The highest BCUT2D eigenvalue weighted by atomic mass is 32.2. The van der Waals surface area contributed by atoms with Crippen LogP contribution < -0.4 is 5.32 Å². The first kappa shape index (κ1) is 27.3. The van der Waals surface area contributed by atoms with E-state index in [-0.39, 0.29) is 55.4 Å². The van der Waals surface area contributed by atoms with Crippen molar-refractivity contribution in [3.63, 3.8) is 0 Å². The lowest BCUT2D eigenvalue weighted by Gasteiger charge is -2.34. The molecule has 5 rings (SSSR count). The van der Waals surface area contributed by atoms with Crippen molar-refractivity contribution in [3.8, 4) is 0 Å². The van der Waals surface area contributed by atoms with Crippen molar-refractivity contribution in [1.29, 1.82) is 0 Å². The van der Waals surface area contributed by atoms with E-state index in [4.69, 9.17) is 0 Å². The highest BCUT2D eigenvalue weighted by Gasteiger charge is 2.47. The molecule has 1 N–H and O–H groups in total. The molecule has 2 fully saturated rings. The molecule has 12 heteroatoms. The van der Waals surface area contributed by atoms with Crippen molar-refractivity contribution in [1.82, 2.24) is 14.5 Å². The number of nitrogens with zero attached hydrogens (tertiary/aromatic N) is 3. The van der Waals surface area contributed by atoms with Gasteiger partial charge in [-0.25, -0.2) is 12.7 Å². The Balaban J connectivity index is 1.22. The number of amidine groups is 1. The lowest BCUT2D eigenvalue weighted by atomic mass is 9.89. The monoisotopic (exact) mass is 562 g/mol. The summed E-state index contributed by atoms with van der Waals surface area (Å²) in [5.74, 6) is -0.504. The van der Waals surface area contributed by atoms with Gasteiger partial charge in [-0.3, -0.25) is 14.6 Å². The molecule has 8 nitrogen and oxygen atoms in total. The summed E-state index contributed by atoms with van der Waals surface area (Å²) in [6.45, 7) is 3.54. The molecule has 39 heavy (non-hydrogen) atoms. The van der Waals surface area contributed by atoms with E-state index in [9.17, 15) is 31.2 Å². The second-order valence-electron chi connectivity index (χ2n) is 10.3. The van der Waals surface area contributed by atoms with Gasteiger partial charge in [-0.2, -0.15) is 13.2 Å². The minimum Gasteiger partial charge on any atom is -0.339 e. The first-order valence-electron chi connectivity index (χ1n) is 12.8. The standard InChI is InChI=1S/C27H29F3N4O4S/c1-18-16-21(24(35)33-11-3-12-33)7-6-19(18)8-15-39(37,38)34-13-9-26(10-14-34)25(36)31-23(32-26)20-4-2-5-22(17-20)27(28,29)30/h2,4-7,16-17H,3,8-15H2,1H3,(H,31,32,36). The zero-order chi connectivity index (χ0) is 28.0. The zero-order valence-corrected chi connectivity index (χ0v) is 22.2. The minimum absolute atomic E-state index is 0.0133. The molecule has 0 atom stereocenters. The van der Waals surface area contributed by atoms with Crippen LogP contribution in [-0.2, 0) is 27.4 Å². The van der Waals surface area contributed by atoms with E-state index in [0.717, 1.165) is 42.8 Å². The number of benzene rings is 2. The van der Waals surface area contributed by atoms with Gasteiger partial charge in [0.25, 0.3) is 11.8 Å². The Morgan fingerprint density at radius 2 is 1.79 bits per heavy atom. The number of sulfonamides is 1. The molecular formula is C27H29F3N4O4S. The van der Waals surface area contributed by atoms with Crippen molar-refractivity contribution in [2.24, 2.45) is 4.99 Å². The molecule has 0 aromatic heterocycles. The maximum atomic E-state index is 13.1. The summed E-state index contributed by atoms with van der Waals surface area (Å²) < 4.78 is 66.9. The fraction of sp³-hybridized carbons (Fsp3) is 0.444. The van der Waals surface area contributed by atoms with Crippen LogP contribution in [-0.4, -0.2) is 72.7 Å². The summed E-state index contributed by atoms with van der Waals surface area (Å²) in [7, 11) is -3.63. The van der Waals surface area contributed by atoms with Crippen molar-refractivity contribution >= 4 is 27.7 Å². The summed E-state index contributed by atoms with van der Waals surface area (Å²) in [4.78, 5) is 31.5. The van der Waals surface area contributed by atoms with Crippen LogP contribution in [0.15, 0.2) is 47.5 Å². The van der Waals surface area contributed by atoms with E-state index in [0.29, 0.717) is 5.56 Å². The number of hydrogen-bond donors (Lipinski definition) is 1. The first-order chi connectivity index (χ1) is 18.4. The van der Waals surface area contributed by atoms with Gasteiger partial charge in [0.1, 0.15) is 11.4 Å². The van der Waals surface area contributed by atoms with Gasteiger partial charge in [0.05, 0.1) is 11.3 Å². The largest absolute Gasteiger partial charge is 0.416 e. The SMILES string of the molecule is Cc1cc(C(=O)N2CCC2)ccc1CCS(=O)(=O)N1CCC2(CC1)N=C(c1cccc(C(F)(F)F)c1)NC2=O.